The molecule has 104 valence electrons. The maximum atomic E-state index is 5.85. The molecule has 1 aliphatic heterocycles. The van der Waals surface area contributed by atoms with Crippen LogP contribution in [0.15, 0.2) is 42.1 Å². The Kier molecular flexibility index (Phi) is 5.00. The Morgan fingerprint density at radius 2 is 2.05 bits per heavy atom. The van der Waals surface area contributed by atoms with Gasteiger partial charge in [-0.15, -0.1) is 0 Å². The molecule has 0 radical (unpaired) electrons. The number of hydrogen-bond acceptors (Lipinski definition) is 2. The fourth-order valence-corrected chi connectivity index (χ4v) is 2.90. The van der Waals surface area contributed by atoms with Crippen molar-refractivity contribution >= 4 is 0 Å². The van der Waals surface area contributed by atoms with Gasteiger partial charge in [-0.05, 0) is 38.0 Å². The van der Waals surface area contributed by atoms with E-state index in [1.807, 2.05) is 30.3 Å². The van der Waals surface area contributed by atoms with Gasteiger partial charge in [0.25, 0.3) is 0 Å². The lowest BCUT2D eigenvalue weighted by molar-refractivity contribution is -0.937. The number of nitrogens with one attached hydrogen (secondary N) is 1. The smallest absolute Gasteiger partial charge is 0.139 e. The second-order valence-corrected chi connectivity index (χ2v) is 5.04. The molecule has 1 unspecified atom stereocenters. The summed E-state index contributed by atoms with van der Waals surface area (Å²) in [6.45, 7) is 5.02. The number of hydrogen-bond donors (Lipinski definition) is 1. The van der Waals surface area contributed by atoms with Crippen molar-refractivity contribution in [3.05, 3.63) is 42.1 Å². The first kappa shape index (κ1) is 14.1. The van der Waals surface area contributed by atoms with E-state index in [4.69, 9.17) is 4.74 Å². The molecular formula is C16H25N2O+. The number of para-hydroxylation sites is 1. The summed E-state index contributed by atoms with van der Waals surface area (Å²) in [5.41, 5.74) is 4.99. The van der Waals surface area contributed by atoms with Crippen LogP contribution < -0.4 is 10.2 Å². The molecule has 0 aromatic heterocycles. The molecule has 1 N–H and O–H groups in total. The van der Waals surface area contributed by atoms with Crippen LogP contribution in [-0.4, -0.2) is 31.3 Å². The molecule has 1 heterocycles. The number of ether oxygens (including phenoxy) is 1. The molecule has 19 heavy (non-hydrogen) atoms. The summed E-state index contributed by atoms with van der Waals surface area (Å²) in [5.74, 6) is 0.954. The van der Waals surface area contributed by atoms with Crippen LogP contribution in [-0.2, 0) is 0 Å². The summed E-state index contributed by atoms with van der Waals surface area (Å²) in [5, 5.41) is 0. The van der Waals surface area contributed by atoms with Crippen LogP contribution in [0.3, 0.4) is 0 Å². The van der Waals surface area contributed by atoms with E-state index in [9.17, 15) is 0 Å². The number of likely N-dealkylation sites (tertiary alicyclic amines) is 1. The van der Waals surface area contributed by atoms with Crippen molar-refractivity contribution in [1.29, 1.82) is 0 Å². The van der Waals surface area contributed by atoms with E-state index in [1.54, 1.807) is 0 Å². The molecular weight excluding hydrogens is 236 g/mol. The van der Waals surface area contributed by atoms with E-state index >= 15 is 0 Å². The number of rotatable bonds is 5. The predicted molar refractivity (Wildman–Crippen MR) is 78.6 cm³/mol. The SMILES string of the molecule is CC=C1CCCC[N+]1(CCOc1ccccc1)NC. The second kappa shape index (κ2) is 6.73. The summed E-state index contributed by atoms with van der Waals surface area (Å²) in [4.78, 5) is 0. The molecule has 0 amide bonds. The minimum absolute atomic E-state index is 0.738. The Balaban J connectivity index is 1.95. The van der Waals surface area contributed by atoms with Gasteiger partial charge < -0.3 is 4.74 Å². The molecule has 1 fully saturated rings. The van der Waals surface area contributed by atoms with Crippen molar-refractivity contribution in [3.63, 3.8) is 0 Å². The highest BCUT2D eigenvalue weighted by Gasteiger charge is 2.33. The molecule has 0 bridgehead atoms. The highest BCUT2D eigenvalue weighted by Crippen LogP contribution is 2.26. The number of quaternary nitrogens is 1. The zero-order chi connectivity index (χ0) is 13.6. The summed E-state index contributed by atoms with van der Waals surface area (Å²) in [6, 6.07) is 10.1. The van der Waals surface area contributed by atoms with Crippen LogP contribution >= 0.6 is 0 Å². The van der Waals surface area contributed by atoms with Gasteiger partial charge in [-0.3, -0.25) is 0 Å². The summed E-state index contributed by atoms with van der Waals surface area (Å²) >= 11 is 0. The van der Waals surface area contributed by atoms with Gasteiger partial charge in [0, 0.05) is 13.5 Å². The number of nitrogens with zero attached hydrogens (tertiary/aromatic N) is 1. The number of benzene rings is 1. The quantitative estimate of drug-likeness (QED) is 0.822. The monoisotopic (exact) mass is 261 g/mol. The van der Waals surface area contributed by atoms with Crippen molar-refractivity contribution in [1.82, 2.24) is 5.43 Å². The topological polar surface area (TPSA) is 21.3 Å². The fourth-order valence-electron chi connectivity index (χ4n) is 2.90. The zero-order valence-electron chi connectivity index (χ0n) is 12.1. The maximum Gasteiger partial charge on any atom is 0.139 e. The molecule has 0 aliphatic carbocycles. The second-order valence-electron chi connectivity index (χ2n) is 5.04. The minimum Gasteiger partial charge on any atom is -0.488 e. The van der Waals surface area contributed by atoms with E-state index in [0.717, 1.165) is 30.0 Å². The van der Waals surface area contributed by atoms with Gasteiger partial charge in [0.15, 0.2) is 0 Å². The zero-order valence-corrected chi connectivity index (χ0v) is 12.1. The Morgan fingerprint density at radius 3 is 2.74 bits per heavy atom. The first-order valence-electron chi connectivity index (χ1n) is 7.20. The Bertz CT molecular complexity index is 416. The predicted octanol–water partition coefficient (Wildman–Crippen LogP) is 3.10. The van der Waals surface area contributed by atoms with Crippen molar-refractivity contribution in [2.45, 2.75) is 26.2 Å². The molecule has 1 saturated heterocycles. The molecule has 1 aliphatic rings. The standard InChI is InChI=1S/C16H25N2O/c1-3-15-9-7-8-12-18(15,17-2)13-14-19-16-10-5-4-6-11-16/h3-6,10-11,17H,7-9,12-14H2,1-2H3/q+1. The van der Waals surface area contributed by atoms with E-state index in [-0.39, 0.29) is 0 Å². The summed E-state index contributed by atoms with van der Waals surface area (Å²) in [7, 11) is 2.05. The van der Waals surface area contributed by atoms with Crippen LogP contribution in [0.25, 0.3) is 0 Å². The average molecular weight is 261 g/mol. The summed E-state index contributed by atoms with van der Waals surface area (Å²) in [6.07, 6.45) is 6.05. The molecule has 2 rings (SSSR count). The normalized spacial score (nSPS) is 25.5. The highest BCUT2D eigenvalue weighted by molar-refractivity contribution is 5.20. The number of piperidine rings is 1. The van der Waals surface area contributed by atoms with Crippen molar-refractivity contribution < 1.29 is 9.33 Å². The maximum absolute atomic E-state index is 5.85. The van der Waals surface area contributed by atoms with E-state index in [1.165, 1.54) is 25.0 Å². The lowest BCUT2D eigenvalue weighted by Gasteiger charge is -2.41. The van der Waals surface area contributed by atoms with Gasteiger partial charge in [-0.1, -0.05) is 18.2 Å². The molecule has 3 heteroatoms. The van der Waals surface area contributed by atoms with E-state index in [0.29, 0.717) is 0 Å². The third-order valence-corrected chi connectivity index (χ3v) is 4.02. The molecule has 0 saturated carbocycles. The lowest BCUT2D eigenvalue weighted by Crippen LogP contribution is -2.59. The van der Waals surface area contributed by atoms with Crippen LogP contribution in [0, 0.1) is 0 Å². The van der Waals surface area contributed by atoms with Gasteiger partial charge in [0.1, 0.15) is 31.1 Å². The van der Waals surface area contributed by atoms with Crippen molar-refractivity contribution in [2.24, 2.45) is 0 Å². The number of allylic oxidation sites excluding steroid dienone is 2. The first-order valence-corrected chi connectivity index (χ1v) is 7.20. The third-order valence-electron chi connectivity index (χ3n) is 4.02. The largest absolute Gasteiger partial charge is 0.488 e. The average Bonchev–Trinajstić information content (AvgIpc) is 2.48. The molecule has 3 nitrogen and oxygen atoms in total. The van der Waals surface area contributed by atoms with Gasteiger partial charge in [-0.25, -0.2) is 4.59 Å². The van der Waals surface area contributed by atoms with Crippen LogP contribution in [0.4, 0.5) is 0 Å². The lowest BCUT2D eigenvalue weighted by atomic mass is 10.1. The van der Waals surface area contributed by atoms with Crippen LogP contribution in [0.5, 0.6) is 5.75 Å². The van der Waals surface area contributed by atoms with Crippen molar-refractivity contribution in [3.8, 4) is 5.75 Å². The highest BCUT2D eigenvalue weighted by atomic mass is 16.5. The van der Waals surface area contributed by atoms with Crippen LogP contribution in [0.2, 0.25) is 0 Å². The van der Waals surface area contributed by atoms with Gasteiger partial charge in [-0.2, -0.15) is 5.43 Å². The molecule has 1 aromatic rings. The Labute approximate surface area is 116 Å². The fraction of sp³-hybridized carbons (Fsp3) is 0.500. The Hall–Kier alpha value is -1.32. The molecule has 1 atom stereocenters. The molecule has 1 aromatic carbocycles. The van der Waals surface area contributed by atoms with Crippen molar-refractivity contribution in [2.75, 3.05) is 26.7 Å². The molecule has 0 spiro atoms. The first-order chi connectivity index (χ1) is 9.30. The van der Waals surface area contributed by atoms with Crippen LogP contribution in [0.1, 0.15) is 26.2 Å². The van der Waals surface area contributed by atoms with E-state index in [2.05, 4.69) is 25.5 Å². The Morgan fingerprint density at radius 1 is 1.26 bits per heavy atom. The third kappa shape index (κ3) is 3.37. The van der Waals surface area contributed by atoms with Gasteiger partial charge >= 0.3 is 0 Å². The van der Waals surface area contributed by atoms with Gasteiger partial charge in [0.05, 0.1) is 0 Å². The van der Waals surface area contributed by atoms with E-state index < -0.39 is 0 Å². The summed E-state index contributed by atoms with van der Waals surface area (Å²) < 4.78 is 6.72. The minimum atomic E-state index is 0.738. The van der Waals surface area contributed by atoms with Gasteiger partial charge in [0.2, 0.25) is 0 Å².